The van der Waals surface area contributed by atoms with Gasteiger partial charge in [-0.2, -0.15) is 0 Å². The van der Waals surface area contributed by atoms with Crippen molar-refractivity contribution in [2.45, 2.75) is 25.7 Å². The molecule has 1 rings (SSSR count). The van der Waals surface area contributed by atoms with Crippen LogP contribution in [0.4, 0.5) is 0 Å². The molecular weight excluding hydrogens is 155 g/mol. The summed E-state index contributed by atoms with van der Waals surface area (Å²) in [6.07, 6.45) is 7.58. The number of aldehydes is 1. The summed E-state index contributed by atoms with van der Waals surface area (Å²) in [5.74, 6) is 0. The number of carbonyl (C=O) groups is 1. The van der Waals surface area contributed by atoms with E-state index < -0.39 is 0 Å². The first-order valence-electron chi connectivity index (χ1n) is 3.07. The summed E-state index contributed by atoms with van der Waals surface area (Å²) in [6, 6.07) is 0. The molecule has 1 aliphatic carbocycles. The molecule has 0 amide bonds. The molecule has 0 saturated heterocycles. The van der Waals surface area contributed by atoms with Gasteiger partial charge in [-0.15, -0.1) is 0 Å². The fourth-order valence-electron chi connectivity index (χ4n) is 0.970. The van der Waals surface area contributed by atoms with E-state index in [0.717, 1.165) is 24.7 Å². The molecule has 1 nitrogen and oxygen atoms in total. The van der Waals surface area contributed by atoms with E-state index in [2.05, 4.69) is 0 Å². The molecule has 0 spiro atoms. The minimum Gasteiger partial charge on any atom is -0.298 e. The van der Waals surface area contributed by atoms with Gasteiger partial charge in [-0.05, 0) is 31.3 Å². The number of allylic oxidation sites excluding steroid dienone is 2. The summed E-state index contributed by atoms with van der Waals surface area (Å²) >= 11 is 0. The molecule has 0 aliphatic heterocycles. The van der Waals surface area contributed by atoms with Gasteiger partial charge in [0.25, 0.3) is 0 Å². The fourth-order valence-corrected chi connectivity index (χ4v) is 0.970. The molecule has 1 radical (unpaired) electrons. The second-order valence-electron chi connectivity index (χ2n) is 2.14. The third-order valence-corrected chi connectivity index (χ3v) is 1.48. The summed E-state index contributed by atoms with van der Waals surface area (Å²) < 4.78 is 0. The molecule has 0 fully saturated rings. The van der Waals surface area contributed by atoms with Gasteiger partial charge in [-0.25, -0.2) is 0 Å². The van der Waals surface area contributed by atoms with E-state index in [0.29, 0.717) is 0 Å². The van der Waals surface area contributed by atoms with Crippen molar-refractivity contribution >= 4 is 6.29 Å². The Balaban J connectivity index is 0.000000640. The second-order valence-corrected chi connectivity index (χ2v) is 2.14. The Hall–Kier alpha value is -0.0705. The molecule has 51 valence electrons. The molecule has 2 heteroatoms. The Kier molecular flexibility index (Phi) is 4.74. The maximum absolute atomic E-state index is 10.1. The van der Waals surface area contributed by atoms with E-state index in [9.17, 15) is 4.79 Å². The zero-order valence-electron chi connectivity index (χ0n) is 5.27. The van der Waals surface area contributed by atoms with Gasteiger partial charge in [0.15, 0.2) is 0 Å². The first-order chi connectivity index (χ1) is 3.93. The van der Waals surface area contributed by atoms with Crippen molar-refractivity contribution in [3.05, 3.63) is 11.6 Å². The molecule has 0 N–H and O–H groups in total. The van der Waals surface area contributed by atoms with Gasteiger partial charge in [0.05, 0.1) is 0 Å². The van der Waals surface area contributed by atoms with Crippen LogP contribution in [0.5, 0.6) is 0 Å². The molecule has 0 aromatic rings. The topological polar surface area (TPSA) is 17.1 Å². The Morgan fingerprint density at radius 1 is 1.44 bits per heavy atom. The average Bonchev–Trinajstić information content (AvgIpc) is 1.90. The minimum atomic E-state index is 0. The molecule has 9 heavy (non-hydrogen) atoms. The van der Waals surface area contributed by atoms with Crippen molar-refractivity contribution in [3.8, 4) is 0 Å². The summed E-state index contributed by atoms with van der Waals surface area (Å²) in [4.78, 5) is 10.1. The van der Waals surface area contributed by atoms with E-state index in [1.165, 1.54) is 12.8 Å². The van der Waals surface area contributed by atoms with Crippen LogP contribution in [-0.4, -0.2) is 6.29 Å². The van der Waals surface area contributed by atoms with Gasteiger partial charge in [-0.3, -0.25) is 4.79 Å². The fraction of sp³-hybridized carbons (Fsp3) is 0.571. The van der Waals surface area contributed by atoms with Gasteiger partial charge in [-0.1, -0.05) is 6.08 Å². The van der Waals surface area contributed by atoms with Crippen molar-refractivity contribution in [2.75, 3.05) is 0 Å². The predicted octanol–water partition coefficient (Wildman–Crippen LogP) is 1.68. The summed E-state index contributed by atoms with van der Waals surface area (Å²) in [5, 5.41) is 0. The van der Waals surface area contributed by atoms with Crippen LogP contribution in [0.3, 0.4) is 0 Å². The molecule has 0 aromatic carbocycles. The van der Waals surface area contributed by atoms with Crippen molar-refractivity contribution in [3.63, 3.8) is 0 Å². The van der Waals surface area contributed by atoms with Crippen LogP contribution in [0.1, 0.15) is 25.7 Å². The molecule has 0 atom stereocenters. The second kappa shape index (κ2) is 4.78. The maximum Gasteiger partial charge on any atom is 0.145 e. The summed E-state index contributed by atoms with van der Waals surface area (Å²) in [7, 11) is 0. The largest absolute Gasteiger partial charge is 0.298 e. The van der Waals surface area contributed by atoms with Crippen molar-refractivity contribution in [1.82, 2.24) is 0 Å². The van der Waals surface area contributed by atoms with E-state index in [-0.39, 0.29) is 17.1 Å². The zero-order chi connectivity index (χ0) is 5.82. The van der Waals surface area contributed by atoms with Crippen LogP contribution in [0.25, 0.3) is 0 Å². The van der Waals surface area contributed by atoms with Gasteiger partial charge in [0, 0.05) is 17.1 Å². The quantitative estimate of drug-likeness (QED) is 0.426. The van der Waals surface area contributed by atoms with E-state index in [4.69, 9.17) is 0 Å². The van der Waals surface area contributed by atoms with Crippen LogP contribution >= 0.6 is 0 Å². The molecule has 0 aromatic heterocycles. The third-order valence-electron chi connectivity index (χ3n) is 1.48. The Morgan fingerprint density at radius 3 is 2.56 bits per heavy atom. The van der Waals surface area contributed by atoms with Gasteiger partial charge < -0.3 is 0 Å². The summed E-state index contributed by atoms with van der Waals surface area (Å²) in [5.41, 5.74) is 0.997. The Morgan fingerprint density at radius 2 is 2.22 bits per heavy atom. The van der Waals surface area contributed by atoms with E-state index in [1.54, 1.807) is 0 Å². The third kappa shape index (κ3) is 2.83. The van der Waals surface area contributed by atoms with Gasteiger partial charge >= 0.3 is 0 Å². The van der Waals surface area contributed by atoms with Crippen molar-refractivity contribution < 1.29 is 21.9 Å². The van der Waals surface area contributed by atoms with Crippen molar-refractivity contribution in [1.29, 1.82) is 0 Å². The van der Waals surface area contributed by atoms with Crippen LogP contribution in [0.2, 0.25) is 0 Å². The predicted molar refractivity (Wildman–Crippen MR) is 32.6 cm³/mol. The zero-order valence-corrected chi connectivity index (χ0v) is 6.45. The van der Waals surface area contributed by atoms with Crippen LogP contribution in [0.15, 0.2) is 11.6 Å². The van der Waals surface area contributed by atoms with Crippen LogP contribution < -0.4 is 0 Å². The smallest absolute Gasteiger partial charge is 0.145 e. The van der Waals surface area contributed by atoms with Crippen LogP contribution in [-0.2, 0) is 21.9 Å². The number of rotatable bonds is 1. The first kappa shape index (κ1) is 8.93. The molecule has 0 bridgehead atoms. The summed E-state index contributed by atoms with van der Waals surface area (Å²) in [6.45, 7) is 0. The minimum absolute atomic E-state index is 0. The van der Waals surface area contributed by atoms with Crippen molar-refractivity contribution in [2.24, 2.45) is 0 Å². The van der Waals surface area contributed by atoms with Gasteiger partial charge in [0.1, 0.15) is 6.29 Å². The molecule has 0 saturated carbocycles. The van der Waals surface area contributed by atoms with Gasteiger partial charge in [0.2, 0.25) is 0 Å². The monoisotopic (exact) mass is 165 g/mol. The van der Waals surface area contributed by atoms with E-state index in [1.807, 2.05) is 6.08 Å². The standard InChI is InChI=1S/C7H10O.Mn/c8-6-7-4-2-1-3-5-7;/h4,6H,1-3,5H2;. The van der Waals surface area contributed by atoms with Crippen LogP contribution in [0, 0.1) is 0 Å². The SMILES string of the molecule is O=CC1=CCCCC1.[Mn]. The normalized spacial score (nSPS) is 17.6. The number of hydrogen-bond donors (Lipinski definition) is 0. The molecule has 1 aliphatic rings. The number of carbonyl (C=O) groups excluding carboxylic acids is 1. The first-order valence-corrected chi connectivity index (χ1v) is 3.07. The number of hydrogen-bond acceptors (Lipinski definition) is 1. The average molecular weight is 165 g/mol. The molecule has 0 unspecified atom stereocenters. The molecule has 0 heterocycles. The Labute approximate surface area is 66.0 Å². The van der Waals surface area contributed by atoms with E-state index >= 15 is 0 Å². The Bertz CT molecular complexity index is 118. The molecular formula is C7H10MnO. The maximum atomic E-state index is 10.1.